The maximum absolute atomic E-state index is 11.7. The Morgan fingerprint density at radius 2 is 1.94 bits per heavy atom. The molecular weight excluding hydrogens is 238 g/mol. The Bertz CT molecular complexity index is 394. The van der Waals surface area contributed by atoms with Gasteiger partial charge in [0.25, 0.3) is 0 Å². The van der Waals surface area contributed by atoms with Crippen molar-refractivity contribution in [3.8, 4) is 0 Å². The van der Waals surface area contributed by atoms with Gasteiger partial charge in [0.1, 0.15) is 6.04 Å². The first-order valence-electron chi connectivity index (χ1n) is 5.18. The van der Waals surface area contributed by atoms with Gasteiger partial charge in [-0.05, 0) is 19.1 Å². The van der Waals surface area contributed by atoms with Crippen molar-refractivity contribution in [2.75, 3.05) is 12.8 Å². The third kappa shape index (κ3) is 4.11. The number of carboxylic acid groups (broad SMARTS) is 1. The van der Waals surface area contributed by atoms with Gasteiger partial charge in [0, 0.05) is 11.9 Å². The number of aliphatic carboxylic acids is 1. The van der Waals surface area contributed by atoms with Crippen LogP contribution < -0.4 is 0 Å². The molecule has 0 aliphatic carbocycles. The molecule has 0 aliphatic rings. The van der Waals surface area contributed by atoms with E-state index in [1.807, 2.05) is 30.3 Å². The Kier molecular flexibility index (Phi) is 5.03. The van der Waals surface area contributed by atoms with Crippen LogP contribution in [-0.4, -0.2) is 40.7 Å². The lowest BCUT2D eigenvalue weighted by atomic mass is 10.3. The Labute approximate surface area is 105 Å². The van der Waals surface area contributed by atoms with E-state index < -0.39 is 12.0 Å². The molecule has 1 aromatic carbocycles. The topological polar surface area (TPSA) is 57.6 Å². The van der Waals surface area contributed by atoms with Crippen molar-refractivity contribution < 1.29 is 14.7 Å². The van der Waals surface area contributed by atoms with E-state index in [1.165, 1.54) is 30.6 Å². The minimum absolute atomic E-state index is 0.186. The van der Waals surface area contributed by atoms with Gasteiger partial charge in [-0.15, -0.1) is 11.8 Å². The number of amides is 1. The molecule has 0 bridgehead atoms. The van der Waals surface area contributed by atoms with Crippen LogP contribution in [0.4, 0.5) is 0 Å². The molecular formula is C12H15NO3S. The Balaban J connectivity index is 2.47. The van der Waals surface area contributed by atoms with E-state index in [2.05, 4.69) is 0 Å². The van der Waals surface area contributed by atoms with Crippen LogP contribution in [0.2, 0.25) is 0 Å². The number of benzene rings is 1. The van der Waals surface area contributed by atoms with E-state index in [4.69, 9.17) is 5.11 Å². The molecule has 4 nitrogen and oxygen atoms in total. The second kappa shape index (κ2) is 6.30. The molecule has 17 heavy (non-hydrogen) atoms. The highest BCUT2D eigenvalue weighted by molar-refractivity contribution is 8.00. The molecule has 1 aromatic rings. The van der Waals surface area contributed by atoms with E-state index in [-0.39, 0.29) is 11.7 Å². The van der Waals surface area contributed by atoms with Crippen molar-refractivity contribution >= 4 is 23.6 Å². The lowest BCUT2D eigenvalue weighted by Crippen LogP contribution is -2.41. The predicted octanol–water partition coefficient (Wildman–Crippen LogP) is 1.71. The molecule has 1 atom stereocenters. The van der Waals surface area contributed by atoms with Gasteiger partial charge in [-0.1, -0.05) is 18.2 Å². The number of carboxylic acids is 1. The summed E-state index contributed by atoms with van der Waals surface area (Å²) in [5, 5.41) is 8.79. The Morgan fingerprint density at radius 1 is 1.35 bits per heavy atom. The van der Waals surface area contributed by atoms with Gasteiger partial charge >= 0.3 is 5.97 Å². The molecule has 0 saturated carbocycles. The fourth-order valence-corrected chi connectivity index (χ4v) is 1.99. The van der Waals surface area contributed by atoms with Gasteiger partial charge < -0.3 is 10.0 Å². The van der Waals surface area contributed by atoms with Crippen molar-refractivity contribution in [1.29, 1.82) is 0 Å². The minimum atomic E-state index is -0.995. The zero-order valence-corrected chi connectivity index (χ0v) is 10.6. The minimum Gasteiger partial charge on any atom is -0.480 e. The van der Waals surface area contributed by atoms with E-state index in [0.29, 0.717) is 0 Å². The second-order valence-electron chi connectivity index (χ2n) is 3.62. The summed E-state index contributed by atoms with van der Waals surface area (Å²) in [6.07, 6.45) is 0. The van der Waals surface area contributed by atoms with Gasteiger partial charge in [-0.25, -0.2) is 4.79 Å². The fraction of sp³-hybridized carbons (Fsp3) is 0.333. The summed E-state index contributed by atoms with van der Waals surface area (Å²) in [5.74, 6) is -0.933. The highest BCUT2D eigenvalue weighted by Gasteiger charge is 2.21. The van der Waals surface area contributed by atoms with Gasteiger partial charge in [-0.2, -0.15) is 0 Å². The number of nitrogens with zero attached hydrogens (tertiary/aromatic N) is 1. The van der Waals surface area contributed by atoms with Crippen LogP contribution >= 0.6 is 11.8 Å². The van der Waals surface area contributed by atoms with Gasteiger partial charge in [0.05, 0.1) is 5.75 Å². The van der Waals surface area contributed by atoms with Gasteiger partial charge in [0.2, 0.25) is 5.91 Å². The Hall–Kier alpha value is -1.49. The summed E-state index contributed by atoms with van der Waals surface area (Å²) in [6.45, 7) is 1.49. The average molecular weight is 253 g/mol. The van der Waals surface area contributed by atoms with Crippen molar-refractivity contribution in [2.45, 2.75) is 17.9 Å². The number of rotatable bonds is 5. The molecule has 0 aliphatic heterocycles. The first-order chi connectivity index (χ1) is 8.02. The summed E-state index contributed by atoms with van der Waals surface area (Å²) >= 11 is 1.40. The molecule has 0 saturated heterocycles. The van der Waals surface area contributed by atoms with Crippen LogP contribution in [0.3, 0.4) is 0 Å². The highest BCUT2D eigenvalue weighted by Crippen LogP contribution is 2.17. The number of likely N-dealkylation sites (N-methyl/N-ethyl adjacent to an activating group) is 1. The quantitative estimate of drug-likeness (QED) is 0.812. The Morgan fingerprint density at radius 3 is 2.47 bits per heavy atom. The van der Waals surface area contributed by atoms with Gasteiger partial charge in [0.15, 0.2) is 0 Å². The molecule has 0 spiro atoms. The lowest BCUT2D eigenvalue weighted by Gasteiger charge is -2.21. The molecule has 92 valence electrons. The largest absolute Gasteiger partial charge is 0.480 e. The van der Waals surface area contributed by atoms with E-state index in [9.17, 15) is 9.59 Å². The maximum Gasteiger partial charge on any atom is 0.326 e. The molecule has 1 unspecified atom stereocenters. The third-order valence-electron chi connectivity index (χ3n) is 2.44. The maximum atomic E-state index is 11.7. The van der Waals surface area contributed by atoms with Crippen LogP contribution in [0.25, 0.3) is 0 Å². The van der Waals surface area contributed by atoms with Crippen LogP contribution in [0.5, 0.6) is 0 Å². The summed E-state index contributed by atoms with van der Waals surface area (Å²) in [7, 11) is 1.51. The smallest absolute Gasteiger partial charge is 0.326 e. The molecule has 1 N–H and O–H groups in total. The molecule has 5 heteroatoms. The molecule has 0 radical (unpaired) electrons. The monoisotopic (exact) mass is 253 g/mol. The molecule has 1 amide bonds. The summed E-state index contributed by atoms with van der Waals surface area (Å²) in [5.41, 5.74) is 0. The van der Waals surface area contributed by atoms with E-state index in [0.717, 1.165) is 4.90 Å². The molecule has 0 fully saturated rings. The summed E-state index contributed by atoms with van der Waals surface area (Å²) < 4.78 is 0. The molecule has 1 rings (SSSR count). The van der Waals surface area contributed by atoms with Crippen LogP contribution in [-0.2, 0) is 9.59 Å². The van der Waals surface area contributed by atoms with Crippen molar-refractivity contribution in [3.63, 3.8) is 0 Å². The van der Waals surface area contributed by atoms with Crippen molar-refractivity contribution in [3.05, 3.63) is 30.3 Å². The zero-order valence-electron chi connectivity index (χ0n) is 9.79. The third-order valence-corrected chi connectivity index (χ3v) is 3.43. The van der Waals surface area contributed by atoms with Crippen molar-refractivity contribution in [2.24, 2.45) is 0 Å². The van der Waals surface area contributed by atoms with E-state index in [1.54, 1.807) is 0 Å². The number of carbonyl (C=O) groups is 2. The number of thioether (sulfide) groups is 1. The summed E-state index contributed by atoms with van der Waals surface area (Å²) in [4.78, 5) is 24.7. The first kappa shape index (κ1) is 13.6. The van der Waals surface area contributed by atoms with Crippen molar-refractivity contribution in [1.82, 2.24) is 4.90 Å². The first-order valence-corrected chi connectivity index (χ1v) is 6.17. The van der Waals surface area contributed by atoms with Crippen LogP contribution in [0, 0.1) is 0 Å². The lowest BCUT2D eigenvalue weighted by molar-refractivity contribution is -0.147. The number of hydrogen-bond donors (Lipinski definition) is 1. The molecule has 0 heterocycles. The predicted molar refractivity (Wildman–Crippen MR) is 67.0 cm³/mol. The second-order valence-corrected chi connectivity index (χ2v) is 4.67. The SMILES string of the molecule is CC(C(=O)O)N(C)C(=O)CSc1ccccc1. The molecule has 0 aromatic heterocycles. The average Bonchev–Trinajstić information content (AvgIpc) is 2.35. The van der Waals surface area contributed by atoms with Gasteiger partial charge in [-0.3, -0.25) is 4.79 Å². The van der Waals surface area contributed by atoms with E-state index >= 15 is 0 Å². The van der Waals surface area contributed by atoms with Crippen LogP contribution in [0.1, 0.15) is 6.92 Å². The number of hydrogen-bond acceptors (Lipinski definition) is 3. The standard InChI is InChI=1S/C12H15NO3S/c1-9(12(15)16)13(2)11(14)8-17-10-6-4-3-5-7-10/h3-7,9H,8H2,1-2H3,(H,15,16). The fourth-order valence-electron chi connectivity index (χ4n) is 1.15. The zero-order chi connectivity index (χ0) is 12.8. The normalized spacial score (nSPS) is 11.9. The number of carbonyl (C=O) groups excluding carboxylic acids is 1. The van der Waals surface area contributed by atoms with Crippen LogP contribution in [0.15, 0.2) is 35.2 Å². The summed E-state index contributed by atoms with van der Waals surface area (Å²) in [6, 6.07) is 8.74. The highest BCUT2D eigenvalue weighted by atomic mass is 32.2.